The number of aromatic nitrogens is 2. The van der Waals surface area contributed by atoms with Crippen molar-refractivity contribution in [2.75, 3.05) is 18.4 Å². The molecule has 1 amide bonds. The lowest BCUT2D eigenvalue weighted by molar-refractivity contribution is -0.119. The van der Waals surface area contributed by atoms with Crippen molar-refractivity contribution in [1.82, 2.24) is 25.7 Å². The fourth-order valence-corrected chi connectivity index (χ4v) is 6.19. The molecule has 3 aliphatic rings. The maximum absolute atomic E-state index is 13.9. The van der Waals surface area contributed by atoms with Crippen LogP contribution in [0.25, 0.3) is 0 Å². The molecule has 4 heterocycles. The van der Waals surface area contributed by atoms with Crippen LogP contribution in [0.1, 0.15) is 55.6 Å². The topological polar surface area (TPSA) is 91.4 Å². The molecule has 0 spiro atoms. The highest BCUT2D eigenvalue weighted by atomic mass is 19.1. The summed E-state index contributed by atoms with van der Waals surface area (Å²) in [7, 11) is 0. The van der Waals surface area contributed by atoms with E-state index in [9.17, 15) is 9.18 Å². The number of para-hydroxylation sites is 1. The Morgan fingerprint density at radius 3 is 2.74 bits per heavy atom. The van der Waals surface area contributed by atoms with Crippen LogP contribution in [0.5, 0.6) is 11.6 Å². The molecule has 6 rings (SSSR count). The van der Waals surface area contributed by atoms with Crippen molar-refractivity contribution in [3.63, 3.8) is 0 Å². The number of carbonyl (C=O) groups is 1. The Balaban J connectivity index is 1.07. The second kappa shape index (κ2) is 11.8. The van der Waals surface area contributed by atoms with Crippen LogP contribution >= 0.6 is 0 Å². The van der Waals surface area contributed by atoms with Gasteiger partial charge in [0.1, 0.15) is 6.04 Å². The number of ether oxygens (including phenoxy) is 1. The van der Waals surface area contributed by atoms with E-state index in [1.54, 1.807) is 30.3 Å². The number of hydrogen-bond acceptors (Lipinski definition) is 7. The van der Waals surface area contributed by atoms with Gasteiger partial charge in [-0.1, -0.05) is 24.6 Å². The van der Waals surface area contributed by atoms with Gasteiger partial charge in [-0.05, 0) is 80.4 Å². The summed E-state index contributed by atoms with van der Waals surface area (Å²) in [5.41, 5.74) is 9.71. The number of nitrogens with zero attached hydrogens (tertiary/aromatic N) is 3. The number of halogens is 1. The third-order valence-corrected chi connectivity index (χ3v) is 8.23. The molecule has 2 aliphatic heterocycles. The summed E-state index contributed by atoms with van der Waals surface area (Å²) in [6.45, 7) is 3.30. The summed E-state index contributed by atoms with van der Waals surface area (Å²) in [5, 5.41) is 2.98. The Labute approximate surface area is 228 Å². The van der Waals surface area contributed by atoms with Gasteiger partial charge in [-0.3, -0.25) is 20.1 Å². The number of anilines is 1. The molecule has 1 saturated carbocycles. The van der Waals surface area contributed by atoms with Gasteiger partial charge in [-0.25, -0.2) is 14.8 Å². The molecule has 4 unspecified atom stereocenters. The Bertz CT molecular complexity index is 1280. The second-order valence-corrected chi connectivity index (χ2v) is 10.9. The number of pyridine rings is 2. The molecular weight excluding hydrogens is 495 g/mol. The molecular formula is C30H35FN6O2. The third kappa shape index (κ3) is 6.11. The highest BCUT2D eigenvalue weighted by molar-refractivity contribution is 5.95. The fourth-order valence-electron chi connectivity index (χ4n) is 6.19. The van der Waals surface area contributed by atoms with Gasteiger partial charge in [0.2, 0.25) is 11.8 Å². The average Bonchev–Trinajstić information content (AvgIpc) is 3.40. The minimum atomic E-state index is -0.457. The molecule has 204 valence electrons. The SMILES string of the molecule is O=C(Nc1ccc(Oc2ccccc2F)nc1)C1NNC2CCC(c3cncc(CN4CCCCC4)c3)CC21. The van der Waals surface area contributed by atoms with Crippen LogP contribution in [0.2, 0.25) is 0 Å². The monoisotopic (exact) mass is 530 g/mol. The van der Waals surface area contributed by atoms with E-state index in [1.807, 2.05) is 12.4 Å². The molecule has 0 radical (unpaired) electrons. The lowest BCUT2D eigenvalue weighted by atomic mass is 9.73. The molecule has 1 aromatic carbocycles. The van der Waals surface area contributed by atoms with E-state index in [1.165, 1.54) is 55.7 Å². The van der Waals surface area contributed by atoms with Gasteiger partial charge < -0.3 is 10.1 Å². The molecule has 9 heteroatoms. The van der Waals surface area contributed by atoms with E-state index >= 15 is 0 Å². The van der Waals surface area contributed by atoms with Crippen molar-refractivity contribution in [2.24, 2.45) is 5.92 Å². The molecule has 1 aliphatic carbocycles. The van der Waals surface area contributed by atoms with Crippen molar-refractivity contribution in [3.05, 3.63) is 78.0 Å². The lowest BCUT2D eigenvalue weighted by Gasteiger charge is -2.33. The number of amides is 1. The van der Waals surface area contributed by atoms with Crippen molar-refractivity contribution >= 4 is 11.6 Å². The zero-order chi connectivity index (χ0) is 26.6. The van der Waals surface area contributed by atoms with Gasteiger partial charge in [0.05, 0.1) is 11.9 Å². The summed E-state index contributed by atoms with van der Waals surface area (Å²) in [5.74, 6) is 0.358. The third-order valence-electron chi connectivity index (χ3n) is 8.23. The van der Waals surface area contributed by atoms with Crippen LogP contribution in [0.4, 0.5) is 10.1 Å². The Kier molecular flexibility index (Phi) is 7.81. The summed E-state index contributed by atoms with van der Waals surface area (Å²) >= 11 is 0. The van der Waals surface area contributed by atoms with Crippen LogP contribution in [-0.2, 0) is 11.3 Å². The van der Waals surface area contributed by atoms with Gasteiger partial charge in [-0.2, -0.15) is 0 Å². The summed E-state index contributed by atoms with van der Waals surface area (Å²) in [6, 6.07) is 11.7. The zero-order valence-corrected chi connectivity index (χ0v) is 22.0. The number of rotatable bonds is 7. The number of benzene rings is 1. The molecule has 0 bridgehead atoms. The van der Waals surface area contributed by atoms with Gasteiger partial charge >= 0.3 is 0 Å². The number of hydrazine groups is 1. The van der Waals surface area contributed by atoms with Gasteiger partial charge in [-0.15, -0.1) is 0 Å². The average molecular weight is 531 g/mol. The first-order valence-electron chi connectivity index (χ1n) is 14.0. The standard InChI is InChI=1S/C30H35FN6O2/c31-25-6-2-3-7-27(25)39-28-11-9-23(18-33-28)34-30(38)29-24-15-21(8-10-26(24)35-36-29)22-14-20(16-32-17-22)19-37-12-4-1-5-13-37/h2-3,6-7,9,11,14,16-18,21,24,26,29,35-36H,1,4-5,8,10,12-13,15,19H2,(H,34,38). The van der Waals surface area contributed by atoms with Crippen molar-refractivity contribution in [2.45, 2.75) is 63.1 Å². The first-order valence-corrected chi connectivity index (χ1v) is 14.0. The summed E-state index contributed by atoms with van der Waals surface area (Å²) < 4.78 is 19.4. The number of hydrogen-bond donors (Lipinski definition) is 3. The van der Waals surface area contributed by atoms with E-state index in [-0.39, 0.29) is 35.5 Å². The first kappa shape index (κ1) is 25.9. The normalized spacial score (nSPS) is 25.2. The highest BCUT2D eigenvalue weighted by Crippen LogP contribution is 2.40. The maximum Gasteiger partial charge on any atom is 0.243 e. The molecule has 8 nitrogen and oxygen atoms in total. The molecule has 2 saturated heterocycles. The molecule has 3 fully saturated rings. The van der Waals surface area contributed by atoms with Crippen molar-refractivity contribution < 1.29 is 13.9 Å². The van der Waals surface area contributed by atoms with Crippen LogP contribution in [-0.4, -0.2) is 45.9 Å². The van der Waals surface area contributed by atoms with Crippen LogP contribution < -0.4 is 20.9 Å². The fraction of sp³-hybridized carbons (Fsp3) is 0.433. The summed E-state index contributed by atoms with van der Waals surface area (Å²) in [4.78, 5) is 24.6. The van der Waals surface area contributed by atoms with E-state index in [0.717, 1.165) is 25.8 Å². The Hall–Kier alpha value is -3.40. The molecule has 3 aromatic rings. The van der Waals surface area contributed by atoms with E-state index < -0.39 is 5.82 Å². The minimum Gasteiger partial charge on any atom is -0.436 e. The molecule has 39 heavy (non-hydrogen) atoms. The van der Waals surface area contributed by atoms with Gasteiger partial charge in [0, 0.05) is 37.0 Å². The predicted molar refractivity (Wildman–Crippen MR) is 147 cm³/mol. The Morgan fingerprint density at radius 2 is 1.92 bits per heavy atom. The summed E-state index contributed by atoms with van der Waals surface area (Å²) in [6.07, 6.45) is 12.4. The highest BCUT2D eigenvalue weighted by Gasteiger charge is 2.44. The number of fused-ring (bicyclic) bond motifs is 1. The van der Waals surface area contributed by atoms with Crippen molar-refractivity contribution in [3.8, 4) is 11.6 Å². The number of carbonyl (C=O) groups excluding carboxylic acids is 1. The number of likely N-dealkylation sites (tertiary alicyclic amines) is 1. The number of piperidine rings is 1. The molecule has 3 N–H and O–H groups in total. The van der Waals surface area contributed by atoms with Crippen LogP contribution in [0.3, 0.4) is 0 Å². The smallest absolute Gasteiger partial charge is 0.243 e. The van der Waals surface area contributed by atoms with Gasteiger partial charge in [0.15, 0.2) is 11.6 Å². The lowest BCUT2D eigenvalue weighted by Crippen LogP contribution is -2.42. The Morgan fingerprint density at radius 1 is 1.05 bits per heavy atom. The van der Waals surface area contributed by atoms with Gasteiger partial charge in [0.25, 0.3) is 0 Å². The quantitative estimate of drug-likeness (QED) is 0.406. The molecule has 2 aromatic heterocycles. The zero-order valence-electron chi connectivity index (χ0n) is 22.0. The van der Waals surface area contributed by atoms with E-state index in [2.05, 4.69) is 37.1 Å². The second-order valence-electron chi connectivity index (χ2n) is 10.9. The maximum atomic E-state index is 13.9. The van der Waals surface area contributed by atoms with Crippen LogP contribution in [0, 0.1) is 11.7 Å². The predicted octanol–water partition coefficient (Wildman–Crippen LogP) is 4.76. The molecule has 4 atom stereocenters. The van der Waals surface area contributed by atoms with Crippen LogP contribution in [0.15, 0.2) is 61.1 Å². The minimum absolute atomic E-state index is 0.0998. The van der Waals surface area contributed by atoms with E-state index in [0.29, 0.717) is 11.6 Å². The number of nitrogens with one attached hydrogen (secondary N) is 3. The largest absolute Gasteiger partial charge is 0.436 e. The van der Waals surface area contributed by atoms with E-state index in [4.69, 9.17) is 4.74 Å². The first-order chi connectivity index (χ1) is 19.1. The van der Waals surface area contributed by atoms with Crippen molar-refractivity contribution in [1.29, 1.82) is 0 Å².